The van der Waals surface area contributed by atoms with Gasteiger partial charge in [0.25, 0.3) is 17.4 Å². The minimum absolute atomic E-state index is 0.103. The smallest absolute Gasteiger partial charge is 0.263 e. The van der Waals surface area contributed by atoms with Crippen LogP contribution in [0, 0.1) is 0 Å². The lowest BCUT2D eigenvalue weighted by molar-refractivity contribution is 0.0955. The van der Waals surface area contributed by atoms with Crippen LogP contribution >= 0.6 is 0 Å². The quantitative estimate of drug-likeness (QED) is 0.620. The van der Waals surface area contributed by atoms with Crippen molar-refractivity contribution in [3.8, 4) is 5.75 Å². The summed E-state index contributed by atoms with van der Waals surface area (Å²) in [6.45, 7) is 2.43. The largest absolute Gasteiger partial charge is 0.491 e. The minimum Gasteiger partial charge on any atom is -0.491 e. The Hall–Kier alpha value is -3.13. The van der Waals surface area contributed by atoms with Crippen molar-refractivity contribution < 1.29 is 19.4 Å². The van der Waals surface area contributed by atoms with E-state index in [-0.39, 0.29) is 36.8 Å². The van der Waals surface area contributed by atoms with E-state index < -0.39 is 11.5 Å². The zero-order valence-corrected chi connectivity index (χ0v) is 15.3. The second kappa shape index (κ2) is 9.54. The molecule has 0 fully saturated rings. The number of aliphatic hydroxyl groups excluding tert-OH is 1. The summed E-state index contributed by atoms with van der Waals surface area (Å²) in [5, 5.41) is 13.9. The van der Waals surface area contributed by atoms with Crippen LogP contribution in [0.3, 0.4) is 0 Å². The standard InChI is InChI=1S/C19H23N3O5/c1-3-21-17(24)14-10-16(18(25)20-2)19(26)22(12-14)11-13-5-4-6-15(9-13)27-8-7-23/h4-6,9-10,12,23H,3,7-8,11H2,1-2H3,(H,20,25)(H,21,24). The first-order valence-corrected chi connectivity index (χ1v) is 8.57. The zero-order valence-electron chi connectivity index (χ0n) is 15.3. The van der Waals surface area contributed by atoms with Crippen LogP contribution < -0.4 is 20.9 Å². The van der Waals surface area contributed by atoms with Crippen molar-refractivity contribution in [1.82, 2.24) is 15.2 Å². The Morgan fingerprint density at radius 1 is 1.22 bits per heavy atom. The van der Waals surface area contributed by atoms with Crippen LogP contribution in [0.4, 0.5) is 0 Å². The summed E-state index contributed by atoms with van der Waals surface area (Å²) in [6.07, 6.45) is 1.43. The summed E-state index contributed by atoms with van der Waals surface area (Å²) in [4.78, 5) is 36.9. The molecule has 0 unspecified atom stereocenters. The molecule has 3 N–H and O–H groups in total. The number of hydrogen-bond acceptors (Lipinski definition) is 5. The molecule has 0 saturated heterocycles. The molecule has 1 aromatic carbocycles. The van der Waals surface area contributed by atoms with E-state index in [9.17, 15) is 14.4 Å². The number of ether oxygens (including phenoxy) is 1. The van der Waals surface area contributed by atoms with Gasteiger partial charge in [-0.3, -0.25) is 14.4 Å². The Kier molecular flexibility index (Phi) is 7.13. The molecule has 0 aliphatic heterocycles. The fraction of sp³-hybridized carbons (Fsp3) is 0.316. The third-order valence-electron chi connectivity index (χ3n) is 3.77. The van der Waals surface area contributed by atoms with Crippen molar-refractivity contribution >= 4 is 11.8 Å². The van der Waals surface area contributed by atoms with E-state index in [0.717, 1.165) is 5.56 Å². The van der Waals surface area contributed by atoms with E-state index in [1.807, 2.05) is 0 Å². The molecule has 2 amide bonds. The fourth-order valence-electron chi connectivity index (χ4n) is 2.53. The third kappa shape index (κ3) is 5.18. The maximum atomic E-state index is 12.7. The van der Waals surface area contributed by atoms with Crippen molar-refractivity contribution in [2.75, 3.05) is 26.8 Å². The zero-order chi connectivity index (χ0) is 19.8. The highest BCUT2D eigenvalue weighted by atomic mass is 16.5. The molecular weight excluding hydrogens is 350 g/mol. The van der Waals surface area contributed by atoms with E-state index in [1.54, 1.807) is 31.2 Å². The molecule has 144 valence electrons. The summed E-state index contributed by atoms with van der Waals surface area (Å²) in [6, 6.07) is 8.34. The van der Waals surface area contributed by atoms with Crippen molar-refractivity contribution in [3.05, 3.63) is 63.6 Å². The van der Waals surface area contributed by atoms with Crippen molar-refractivity contribution in [3.63, 3.8) is 0 Å². The Bertz CT molecular complexity index is 876. The van der Waals surface area contributed by atoms with E-state index >= 15 is 0 Å². The second-order valence-electron chi connectivity index (χ2n) is 5.73. The number of nitrogens with zero attached hydrogens (tertiary/aromatic N) is 1. The van der Waals surface area contributed by atoms with Crippen molar-refractivity contribution in [1.29, 1.82) is 0 Å². The first kappa shape index (κ1) is 20.2. The van der Waals surface area contributed by atoms with Gasteiger partial charge < -0.3 is 25.0 Å². The van der Waals surface area contributed by atoms with Gasteiger partial charge in [-0.15, -0.1) is 0 Å². The summed E-state index contributed by atoms with van der Waals surface area (Å²) >= 11 is 0. The number of rotatable bonds is 8. The molecule has 0 aliphatic carbocycles. The highest BCUT2D eigenvalue weighted by Crippen LogP contribution is 2.14. The van der Waals surface area contributed by atoms with Crippen molar-refractivity contribution in [2.45, 2.75) is 13.5 Å². The van der Waals surface area contributed by atoms with Gasteiger partial charge in [-0.05, 0) is 30.7 Å². The van der Waals surface area contributed by atoms with Gasteiger partial charge in [0.05, 0.1) is 18.7 Å². The van der Waals surface area contributed by atoms with Crippen LogP contribution in [-0.2, 0) is 6.54 Å². The lowest BCUT2D eigenvalue weighted by Crippen LogP contribution is -2.34. The van der Waals surface area contributed by atoms with Gasteiger partial charge in [0.2, 0.25) is 0 Å². The molecule has 0 spiro atoms. The molecule has 1 aromatic heterocycles. The molecule has 0 radical (unpaired) electrons. The summed E-state index contributed by atoms with van der Waals surface area (Å²) in [7, 11) is 1.42. The van der Waals surface area contributed by atoms with Crippen LogP contribution in [0.2, 0.25) is 0 Å². The topological polar surface area (TPSA) is 110 Å². The SMILES string of the molecule is CCNC(=O)c1cc(C(=O)NC)c(=O)n(Cc2cccc(OCCO)c2)c1. The maximum absolute atomic E-state index is 12.7. The molecule has 0 aliphatic rings. The lowest BCUT2D eigenvalue weighted by atomic mass is 10.1. The fourth-order valence-corrected chi connectivity index (χ4v) is 2.53. The predicted octanol–water partition coefficient (Wildman–Crippen LogP) is 0.377. The maximum Gasteiger partial charge on any atom is 0.263 e. The normalized spacial score (nSPS) is 10.3. The molecule has 0 bridgehead atoms. The highest BCUT2D eigenvalue weighted by Gasteiger charge is 2.16. The monoisotopic (exact) mass is 373 g/mol. The third-order valence-corrected chi connectivity index (χ3v) is 3.77. The van der Waals surface area contributed by atoms with Crippen LogP contribution in [0.25, 0.3) is 0 Å². The number of amides is 2. The number of hydrogen-bond donors (Lipinski definition) is 3. The van der Waals surface area contributed by atoms with E-state index in [0.29, 0.717) is 12.3 Å². The molecular formula is C19H23N3O5. The van der Waals surface area contributed by atoms with Crippen LogP contribution in [-0.4, -0.2) is 48.3 Å². The van der Waals surface area contributed by atoms with Crippen LogP contribution in [0.1, 0.15) is 33.2 Å². The molecule has 8 nitrogen and oxygen atoms in total. The Morgan fingerprint density at radius 3 is 2.67 bits per heavy atom. The van der Waals surface area contributed by atoms with Gasteiger partial charge >= 0.3 is 0 Å². The van der Waals surface area contributed by atoms with Gasteiger partial charge in [0.1, 0.15) is 17.9 Å². The number of carbonyl (C=O) groups is 2. The molecule has 27 heavy (non-hydrogen) atoms. The van der Waals surface area contributed by atoms with Gasteiger partial charge in [0.15, 0.2) is 0 Å². The average Bonchev–Trinajstić information content (AvgIpc) is 2.67. The van der Waals surface area contributed by atoms with E-state index in [2.05, 4.69) is 10.6 Å². The number of pyridine rings is 1. The number of aromatic nitrogens is 1. The first-order valence-electron chi connectivity index (χ1n) is 8.57. The molecule has 0 saturated carbocycles. The van der Waals surface area contributed by atoms with E-state index in [1.165, 1.54) is 23.9 Å². The van der Waals surface area contributed by atoms with Gasteiger partial charge in [-0.25, -0.2) is 0 Å². The number of benzene rings is 1. The molecule has 1 heterocycles. The summed E-state index contributed by atoms with van der Waals surface area (Å²) < 4.78 is 6.69. The van der Waals surface area contributed by atoms with Crippen molar-refractivity contribution in [2.24, 2.45) is 0 Å². The average molecular weight is 373 g/mol. The Morgan fingerprint density at radius 2 is 2.00 bits per heavy atom. The van der Waals surface area contributed by atoms with Gasteiger partial charge in [0, 0.05) is 19.8 Å². The van der Waals surface area contributed by atoms with Crippen LogP contribution in [0.5, 0.6) is 5.75 Å². The summed E-state index contributed by atoms with van der Waals surface area (Å²) in [5.41, 5.74) is 0.379. The van der Waals surface area contributed by atoms with Crippen LogP contribution in [0.15, 0.2) is 41.3 Å². The number of aliphatic hydroxyl groups is 1. The predicted molar refractivity (Wildman–Crippen MR) is 100 cm³/mol. The number of nitrogens with one attached hydrogen (secondary N) is 2. The molecule has 8 heteroatoms. The second-order valence-corrected chi connectivity index (χ2v) is 5.73. The molecule has 2 rings (SSSR count). The first-order chi connectivity index (χ1) is 13.0. The lowest BCUT2D eigenvalue weighted by Gasteiger charge is -2.12. The summed E-state index contributed by atoms with van der Waals surface area (Å²) in [5.74, 6) is -0.364. The minimum atomic E-state index is -0.556. The molecule has 2 aromatic rings. The Balaban J connectivity index is 2.43. The Labute approximate surface area is 156 Å². The van der Waals surface area contributed by atoms with E-state index in [4.69, 9.17) is 9.84 Å². The molecule has 0 atom stereocenters. The number of carbonyl (C=O) groups excluding carboxylic acids is 2. The highest BCUT2D eigenvalue weighted by molar-refractivity contribution is 5.99. The van der Waals surface area contributed by atoms with Gasteiger partial charge in [-0.1, -0.05) is 12.1 Å². The van der Waals surface area contributed by atoms with Gasteiger partial charge in [-0.2, -0.15) is 0 Å².